The first-order chi connectivity index (χ1) is 15.9. The number of benzene rings is 2. The van der Waals surface area contributed by atoms with E-state index in [0.717, 1.165) is 16.7 Å². The van der Waals surface area contributed by atoms with Gasteiger partial charge in [-0.05, 0) is 37.1 Å². The first-order valence-electron chi connectivity index (χ1n) is 10.5. The van der Waals surface area contributed by atoms with Gasteiger partial charge >= 0.3 is 6.01 Å². The molecule has 0 amide bonds. The number of aromatic nitrogens is 3. The minimum absolute atomic E-state index is 0.0185. The highest BCUT2D eigenvalue weighted by atomic mass is 16.5. The van der Waals surface area contributed by atoms with Gasteiger partial charge in [0, 0.05) is 37.0 Å². The highest BCUT2D eigenvalue weighted by Gasteiger charge is 2.15. The van der Waals surface area contributed by atoms with Crippen LogP contribution in [0.3, 0.4) is 0 Å². The molecule has 0 fully saturated rings. The van der Waals surface area contributed by atoms with Gasteiger partial charge in [0.1, 0.15) is 11.9 Å². The van der Waals surface area contributed by atoms with Crippen molar-refractivity contribution in [2.45, 2.75) is 19.9 Å². The Hall–Kier alpha value is -4.44. The van der Waals surface area contributed by atoms with E-state index in [1.54, 1.807) is 31.4 Å². The molecule has 7 nitrogen and oxygen atoms in total. The van der Waals surface area contributed by atoms with Crippen LogP contribution in [0.25, 0.3) is 11.3 Å². The van der Waals surface area contributed by atoms with Crippen molar-refractivity contribution in [1.29, 1.82) is 5.26 Å². The lowest BCUT2D eigenvalue weighted by molar-refractivity contribution is 0.438. The molecule has 0 aliphatic carbocycles. The van der Waals surface area contributed by atoms with Crippen molar-refractivity contribution >= 4 is 5.82 Å². The molecule has 2 aromatic heterocycles. The van der Waals surface area contributed by atoms with E-state index in [0.29, 0.717) is 22.8 Å². The number of para-hydroxylation sites is 1. The van der Waals surface area contributed by atoms with Gasteiger partial charge < -0.3 is 14.6 Å². The third-order valence-corrected chi connectivity index (χ3v) is 5.28. The topological polar surface area (TPSA) is 92.8 Å². The minimum Gasteiger partial charge on any atom is -0.423 e. The highest BCUT2D eigenvalue weighted by molar-refractivity contribution is 5.62. The Morgan fingerprint density at radius 1 is 1.06 bits per heavy atom. The summed E-state index contributed by atoms with van der Waals surface area (Å²) in [5, 5.41) is 12.9. The molecule has 164 valence electrons. The average molecular weight is 438 g/mol. The SMILES string of the molecule is Cc1cccc(C#N)c1Oc1nc(N[C@H](C)c2ccccc2)cc(-c2ccc(=O)n(C)c2)n1. The molecule has 7 heteroatoms. The number of hydrogen-bond acceptors (Lipinski definition) is 6. The second kappa shape index (κ2) is 9.37. The zero-order chi connectivity index (χ0) is 23.4. The summed E-state index contributed by atoms with van der Waals surface area (Å²) in [5.74, 6) is 0.979. The Kier molecular flexibility index (Phi) is 6.18. The molecule has 0 spiro atoms. The normalized spacial score (nSPS) is 11.5. The Labute approximate surface area is 192 Å². The number of aryl methyl sites for hydroxylation is 2. The van der Waals surface area contributed by atoms with E-state index in [2.05, 4.69) is 21.4 Å². The van der Waals surface area contributed by atoms with Crippen LogP contribution in [0.5, 0.6) is 11.8 Å². The lowest BCUT2D eigenvalue weighted by Crippen LogP contribution is -2.14. The summed E-state index contributed by atoms with van der Waals surface area (Å²) in [6.45, 7) is 3.91. The van der Waals surface area contributed by atoms with Crippen LogP contribution >= 0.6 is 0 Å². The molecule has 2 heterocycles. The van der Waals surface area contributed by atoms with Crippen molar-refractivity contribution in [2.24, 2.45) is 7.05 Å². The van der Waals surface area contributed by atoms with Crippen LogP contribution in [0, 0.1) is 18.3 Å². The van der Waals surface area contributed by atoms with Gasteiger partial charge in [-0.1, -0.05) is 42.5 Å². The van der Waals surface area contributed by atoms with Crippen molar-refractivity contribution in [3.63, 3.8) is 0 Å². The van der Waals surface area contributed by atoms with Gasteiger partial charge in [0.05, 0.1) is 11.3 Å². The Bertz CT molecular complexity index is 1390. The molecule has 0 aliphatic rings. The summed E-state index contributed by atoms with van der Waals surface area (Å²) in [4.78, 5) is 21.0. The Balaban J connectivity index is 1.77. The molecule has 2 aromatic carbocycles. The van der Waals surface area contributed by atoms with Crippen LogP contribution < -0.4 is 15.6 Å². The van der Waals surface area contributed by atoms with Gasteiger partial charge in [-0.25, -0.2) is 0 Å². The molecule has 0 saturated heterocycles. The number of pyridine rings is 1. The average Bonchev–Trinajstić information content (AvgIpc) is 2.82. The first kappa shape index (κ1) is 21.8. The fourth-order valence-electron chi connectivity index (χ4n) is 3.45. The number of nitriles is 1. The molecular weight excluding hydrogens is 414 g/mol. The molecule has 33 heavy (non-hydrogen) atoms. The van der Waals surface area contributed by atoms with E-state index >= 15 is 0 Å². The fourth-order valence-corrected chi connectivity index (χ4v) is 3.45. The number of nitrogens with one attached hydrogen (secondary N) is 1. The quantitative estimate of drug-likeness (QED) is 0.457. The first-order valence-corrected chi connectivity index (χ1v) is 10.5. The lowest BCUT2D eigenvalue weighted by Gasteiger charge is -2.17. The summed E-state index contributed by atoms with van der Waals surface area (Å²) in [6, 6.07) is 22.6. The van der Waals surface area contributed by atoms with Gasteiger partial charge in [0.2, 0.25) is 5.56 Å². The predicted octanol–water partition coefficient (Wildman–Crippen LogP) is 4.99. The molecule has 4 aromatic rings. The molecule has 0 saturated carbocycles. The second-order valence-electron chi connectivity index (χ2n) is 7.73. The fraction of sp³-hybridized carbons (Fsp3) is 0.154. The molecule has 1 N–H and O–H groups in total. The smallest absolute Gasteiger partial charge is 0.324 e. The van der Waals surface area contributed by atoms with E-state index in [-0.39, 0.29) is 17.6 Å². The second-order valence-corrected chi connectivity index (χ2v) is 7.73. The van der Waals surface area contributed by atoms with Crippen LogP contribution in [-0.2, 0) is 7.05 Å². The van der Waals surface area contributed by atoms with Gasteiger partial charge in [-0.2, -0.15) is 15.2 Å². The molecular formula is C26H23N5O2. The number of rotatable bonds is 6. The van der Waals surface area contributed by atoms with E-state index in [1.165, 1.54) is 10.6 Å². The van der Waals surface area contributed by atoms with Crippen LogP contribution in [0.2, 0.25) is 0 Å². The highest BCUT2D eigenvalue weighted by Crippen LogP contribution is 2.30. The summed E-state index contributed by atoms with van der Waals surface area (Å²) in [5.41, 5.74) is 3.53. The number of nitrogens with zero attached hydrogens (tertiary/aromatic N) is 4. The van der Waals surface area contributed by atoms with Crippen LogP contribution in [0.1, 0.15) is 29.7 Å². The summed E-state index contributed by atoms with van der Waals surface area (Å²) >= 11 is 0. The molecule has 1 atom stereocenters. The zero-order valence-electron chi connectivity index (χ0n) is 18.6. The maximum atomic E-state index is 11.9. The third-order valence-electron chi connectivity index (χ3n) is 5.28. The van der Waals surface area contributed by atoms with Crippen LogP contribution in [0.4, 0.5) is 5.82 Å². The van der Waals surface area contributed by atoms with E-state index < -0.39 is 0 Å². The molecule has 0 radical (unpaired) electrons. The molecule has 4 rings (SSSR count). The largest absolute Gasteiger partial charge is 0.423 e. The van der Waals surface area contributed by atoms with Gasteiger partial charge in [-0.3, -0.25) is 4.79 Å². The van der Waals surface area contributed by atoms with Crippen molar-refractivity contribution in [3.8, 4) is 29.1 Å². The van der Waals surface area contributed by atoms with Crippen molar-refractivity contribution in [1.82, 2.24) is 14.5 Å². The van der Waals surface area contributed by atoms with Crippen molar-refractivity contribution in [2.75, 3.05) is 5.32 Å². The lowest BCUT2D eigenvalue weighted by atomic mass is 10.1. The van der Waals surface area contributed by atoms with Crippen LogP contribution in [0.15, 0.2) is 77.7 Å². The standard InChI is InChI=1S/C26H23N5O2/c1-17-8-7-11-20(15-27)25(17)33-26-29-22(21-12-13-24(32)31(3)16-21)14-23(30-26)28-18(2)19-9-5-4-6-10-19/h4-14,16,18H,1-3H3,(H,28,29,30)/t18-/m1/s1. The predicted molar refractivity (Wildman–Crippen MR) is 127 cm³/mol. The minimum atomic E-state index is -0.112. The molecule has 0 unspecified atom stereocenters. The van der Waals surface area contributed by atoms with Crippen LogP contribution in [-0.4, -0.2) is 14.5 Å². The number of hydrogen-bond donors (Lipinski definition) is 1. The molecule has 0 aliphatic heterocycles. The maximum absolute atomic E-state index is 11.9. The monoisotopic (exact) mass is 437 g/mol. The van der Waals surface area contributed by atoms with Crippen molar-refractivity contribution < 1.29 is 4.74 Å². The van der Waals surface area contributed by atoms with E-state index in [1.807, 2.05) is 56.3 Å². The third kappa shape index (κ3) is 4.91. The number of ether oxygens (including phenoxy) is 1. The van der Waals surface area contributed by atoms with Gasteiger partial charge in [0.15, 0.2) is 5.75 Å². The Morgan fingerprint density at radius 3 is 2.58 bits per heavy atom. The van der Waals surface area contributed by atoms with Gasteiger partial charge in [-0.15, -0.1) is 0 Å². The molecule has 0 bridgehead atoms. The zero-order valence-corrected chi connectivity index (χ0v) is 18.6. The van der Waals surface area contributed by atoms with E-state index in [4.69, 9.17) is 4.74 Å². The summed E-state index contributed by atoms with van der Waals surface area (Å²) in [6.07, 6.45) is 1.72. The van der Waals surface area contributed by atoms with E-state index in [9.17, 15) is 10.1 Å². The number of anilines is 1. The summed E-state index contributed by atoms with van der Waals surface area (Å²) in [7, 11) is 1.69. The van der Waals surface area contributed by atoms with Gasteiger partial charge in [0.25, 0.3) is 0 Å². The van der Waals surface area contributed by atoms with Crippen molar-refractivity contribution in [3.05, 3.63) is 100.0 Å². The summed E-state index contributed by atoms with van der Waals surface area (Å²) < 4.78 is 7.51. The Morgan fingerprint density at radius 2 is 1.85 bits per heavy atom. The maximum Gasteiger partial charge on any atom is 0.324 e.